The summed E-state index contributed by atoms with van der Waals surface area (Å²) < 4.78 is 5.81. The summed E-state index contributed by atoms with van der Waals surface area (Å²) in [4.78, 5) is 0. The molecule has 1 N–H and O–H groups in total. The maximum absolute atomic E-state index is 6.25. The van der Waals surface area contributed by atoms with Crippen LogP contribution in [0.4, 0.5) is 0 Å². The van der Waals surface area contributed by atoms with E-state index in [-0.39, 0.29) is 6.04 Å². The van der Waals surface area contributed by atoms with Crippen molar-refractivity contribution in [1.82, 2.24) is 5.32 Å². The van der Waals surface area contributed by atoms with Crippen LogP contribution in [0.15, 0.2) is 48.5 Å². The molecule has 0 saturated heterocycles. The minimum absolute atomic E-state index is 0.00593. The zero-order valence-corrected chi connectivity index (χ0v) is 12.8. The van der Waals surface area contributed by atoms with Gasteiger partial charge in [0, 0.05) is 10.0 Å². The van der Waals surface area contributed by atoms with Gasteiger partial charge in [0.05, 0.1) is 6.04 Å². The molecule has 106 valence electrons. The van der Waals surface area contributed by atoms with Crippen molar-refractivity contribution in [2.45, 2.75) is 13.0 Å². The molecule has 0 aliphatic rings. The van der Waals surface area contributed by atoms with Crippen LogP contribution in [0.5, 0.6) is 5.75 Å². The highest BCUT2D eigenvalue weighted by atomic mass is 35.5. The molecule has 2 aromatic carbocycles. The summed E-state index contributed by atoms with van der Waals surface area (Å²) in [7, 11) is 0. The van der Waals surface area contributed by atoms with Crippen molar-refractivity contribution in [2.75, 3.05) is 13.2 Å². The number of likely N-dealkylation sites (N-methyl/N-ethyl adjacent to an activating group) is 1. The van der Waals surface area contributed by atoms with Crippen molar-refractivity contribution in [3.63, 3.8) is 0 Å². The molecular weight excluding hydrogens is 293 g/mol. The number of para-hydroxylation sites is 1. The van der Waals surface area contributed by atoms with Crippen LogP contribution in [-0.4, -0.2) is 13.2 Å². The molecule has 0 saturated carbocycles. The molecule has 0 aliphatic heterocycles. The third-order valence-electron chi connectivity index (χ3n) is 2.94. The van der Waals surface area contributed by atoms with Gasteiger partial charge >= 0.3 is 0 Å². The maximum atomic E-state index is 6.25. The van der Waals surface area contributed by atoms with E-state index >= 15 is 0 Å². The van der Waals surface area contributed by atoms with Crippen molar-refractivity contribution in [3.05, 3.63) is 64.1 Å². The molecular formula is C16H17Cl2NO. The maximum Gasteiger partial charge on any atom is 0.119 e. The Morgan fingerprint density at radius 2 is 1.85 bits per heavy atom. The summed E-state index contributed by atoms with van der Waals surface area (Å²) in [6, 6.07) is 15.2. The zero-order valence-electron chi connectivity index (χ0n) is 11.3. The molecule has 0 aromatic heterocycles. The molecule has 0 fully saturated rings. The van der Waals surface area contributed by atoms with E-state index in [0.29, 0.717) is 16.7 Å². The third kappa shape index (κ3) is 4.14. The second-order valence-corrected chi connectivity index (χ2v) is 5.24. The number of ether oxygens (including phenoxy) is 1. The SMILES string of the molecule is CCNC(COc1ccccc1)c1cc(Cl)ccc1Cl. The molecule has 0 spiro atoms. The van der Waals surface area contributed by atoms with Gasteiger partial charge in [0.1, 0.15) is 12.4 Å². The average Bonchev–Trinajstić information content (AvgIpc) is 2.47. The van der Waals surface area contributed by atoms with Crippen LogP contribution in [0.3, 0.4) is 0 Å². The molecule has 2 nitrogen and oxygen atoms in total. The number of benzene rings is 2. The quantitative estimate of drug-likeness (QED) is 0.833. The molecule has 0 amide bonds. The lowest BCUT2D eigenvalue weighted by atomic mass is 10.1. The van der Waals surface area contributed by atoms with Gasteiger partial charge in [-0.05, 0) is 42.4 Å². The highest BCUT2D eigenvalue weighted by molar-refractivity contribution is 6.33. The van der Waals surface area contributed by atoms with Crippen LogP contribution < -0.4 is 10.1 Å². The summed E-state index contributed by atoms with van der Waals surface area (Å²) >= 11 is 12.3. The van der Waals surface area contributed by atoms with Crippen molar-refractivity contribution in [2.24, 2.45) is 0 Å². The largest absolute Gasteiger partial charge is 0.492 e. The summed E-state index contributed by atoms with van der Waals surface area (Å²) in [5, 5.41) is 4.73. The number of rotatable bonds is 6. The fraction of sp³-hybridized carbons (Fsp3) is 0.250. The Hall–Kier alpha value is -1.22. The molecule has 0 aliphatic carbocycles. The van der Waals surface area contributed by atoms with Crippen molar-refractivity contribution in [3.8, 4) is 5.75 Å². The van der Waals surface area contributed by atoms with Crippen molar-refractivity contribution < 1.29 is 4.74 Å². The normalized spacial score (nSPS) is 12.2. The molecule has 1 atom stereocenters. The Morgan fingerprint density at radius 1 is 1.10 bits per heavy atom. The molecule has 20 heavy (non-hydrogen) atoms. The molecule has 0 bridgehead atoms. The third-order valence-corrected chi connectivity index (χ3v) is 3.52. The minimum atomic E-state index is 0.00593. The number of halogens is 2. The molecule has 2 rings (SSSR count). The van der Waals surface area contributed by atoms with Gasteiger partial charge in [0.2, 0.25) is 0 Å². The second-order valence-electron chi connectivity index (χ2n) is 4.40. The van der Waals surface area contributed by atoms with E-state index < -0.39 is 0 Å². The van der Waals surface area contributed by atoms with Crippen molar-refractivity contribution in [1.29, 1.82) is 0 Å². The molecule has 4 heteroatoms. The summed E-state index contributed by atoms with van der Waals surface area (Å²) in [6.07, 6.45) is 0. The summed E-state index contributed by atoms with van der Waals surface area (Å²) in [5.41, 5.74) is 0.956. The van der Waals surface area contributed by atoms with Gasteiger partial charge in [-0.3, -0.25) is 0 Å². The Kier molecular flexibility index (Phi) is 5.72. The summed E-state index contributed by atoms with van der Waals surface area (Å²) in [6.45, 7) is 3.37. The molecule has 1 unspecified atom stereocenters. The highest BCUT2D eigenvalue weighted by Gasteiger charge is 2.15. The Bertz CT molecular complexity index is 545. The topological polar surface area (TPSA) is 21.3 Å². The zero-order chi connectivity index (χ0) is 14.4. The van der Waals surface area contributed by atoms with E-state index in [9.17, 15) is 0 Å². The fourth-order valence-electron chi connectivity index (χ4n) is 1.98. The van der Waals surface area contributed by atoms with E-state index in [4.69, 9.17) is 27.9 Å². The lowest BCUT2D eigenvalue weighted by molar-refractivity contribution is 0.268. The van der Waals surface area contributed by atoms with Crippen LogP contribution >= 0.6 is 23.2 Å². The van der Waals surface area contributed by atoms with Gasteiger partial charge in [0.15, 0.2) is 0 Å². The first-order valence-corrected chi connectivity index (χ1v) is 7.32. The standard InChI is InChI=1S/C16H17Cl2NO/c1-2-19-16(11-20-13-6-4-3-5-7-13)14-10-12(17)8-9-15(14)18/h3-10,16,19H,2,11H2,1H3. The van der Waals surface area contributed by atoms with Crippen LogP contribution in [0.25, 0.3) is 0 Å². The van der Waals surface area contributed by atoms with Crippen LogP contribution in [0, 0.1) is 0 Å². The van der Waals surface area contributed by atoms with E-state index in [1.165, 1.54) is 0 Å². The van der Waals surface area contributed by atoms with Crippen LogP contribution in [0.2, 0.25) is 10.0 Å². The Morgan fingerprint density at radius 3 is 2.55 bits per heavy atom. The summed E-state index contributed by atoms with van der Waals surface area (Å²) in [5.74, 6) is 0.841. The number of hydrogen-bond donors (Lipinski definition) is 1. The lowest BCUT2D eigenvalue weighted by Gasteiger charge is -2.20. The highest BCUT2D eigenvalue weighted by Crippen LogP contribution is 2.27. The first-order chi connectivity index (χ1) is 9.70. The average molecular weight is 310 g/mol. The first-order valence-electron chi connectivity index (χ1n) is 6.57. The van der Waals surface area contributed by atoms with Gasteiger partial charge in [0.25, 0.3) is 0 Å². The minimum Gasteiger partial charge on any atom is -0.492 e. The van der Waals surface area contributed by atoms with Crippen molar-refractivity contribution >= 4 is 23.2 Å². The molecule has 0 heterocycles. The van der Waals surface area contributed by atoms with Gasteiger partial charge in [-0.15, -0.1) is 0 Å². The van der Waals surface area contributed by atoms with Gasteiger partial charge in [-0.2, -0.15) is 0 Å². The van der Waals surface area contributed by atoms with E-state index in [1.807, 2.05) is 49.4 Å². The molecule has 0 radical (unpaired) electrons. The predicted octanol–water partition coefficient (Wildman–Crippen LogP) is 4.72. The smallest absolute Gasteiger partial charge is 0.119 e. The lowest BCUT2D eigenvalue weighted by Crippen LogP contribution is -2.27. The number of hydrogen-bond acceptors (Lipinski definition) is 2. The van der Waals surface area contributed by atoms with Crippen LogP contribution in [0.1, 0.15) is 18.5 Å². The predicted molar refractivity (Wildman–Crippen MR) is 84.8 cm³/mol. The van der Waals surface area contributed by atoms with Gasteiger partial charge in [-0.1, -0.05) is 48.3 Å². The Labute approximate surface area is 129 Å². The van der Waals surface area contributed by atoms with E-state index in [2.05, 4.69) is 5.32 Å². The molecule has 2 aromatic rings. The first kappa shape index (κ1) is 15.2. The van der Waals surface area contributed by atoms with E-state index in [0.717, 1.165) is 17.9 Å². The fourth-order valence-corrected chi connectivity index (χ4v) is 2.41. The van der Waals surface area contributed by atoms with Crippen LogP contribution in [-0.2, 0) is 0 Å². The second kappa shape index (κ2) is 7.53. The van der Waals surface area contributed by atoms with Gasteiger partial charge in [-0.25, -0.2) is 0 Å². The number of nitrogens with one attached hydrogen (secondary N) is 1. The monoisotopic (exact) mass is 309 g/mol. The van der Waals surface area contributed by atoms with Gasteiger partial charge < -0.3 is 10.1 Å². The Balaban J connectivity index is 2.12. The van der Waals surface area contributed by atoms with E-state index in [1.54, 1.807) is 6.07 Å².